The monoisotopic (exact) mass is 347 g/mol. The van der Waals surface area contributed by atoms with Gasteiger partial charge in [-0.25, -0.2) is 9.97 Å². The normalized spacial score (nSPS) is 26.7. The van der Waals surface area contributed by atoms with Crippen molar-refractivity contribution in [1.29, 1.82) is 0 Å². The molecule has 1 aliphatic heterocycles. The molecule has 2 aliphatic rings. The highest BCUT2D eigenvalue weighted by atomic mass is 15.0. The molecule has 5 heteroatoms. The molecule has 1 fully saturated rings. The van der Waals surface area contributed by atoms with E-state index >= 15 is 0 Å². The molecule has 0 radical (unpaired) electrons. The molecule has 134 valence electrons. The fourth-order valence-corrected chi connectivity index (χ4v) is 4.91. The van der Waals surface area contributed by atoms with Gasteiger partial charge in [0, 0.05) is 17.7 Å². The highest BCUT2D eigenvalue weighted by molar-refractivity contribution is 5.81. The van der Waals surface area contributed by atoms with Crippen LogP contribution in [0.1, 0.15) is 44.0 Å². The van der Waals surface area contributed by atoms with Crippen molar-refractivity contribution in [2.75, 3.05) is 6.54 Å². The molecule has 1 saturated heterocycles. The van der Waals surface area contributed by atoms with Gasteiger partial charge in [0.2, 0.25) is 0 Å². The van der Waals surface area contributed by atoms with Crippen LogP contribution in [0.25, 0.3) is 22.6 Å². The van der Waals surface area contributed by atoms with Crippen molar-refractivity contribution in [2.45, 2.75) is 52.0 Å². The summed E-state index contributed by atoms with van der Waals surface area (Å²) in [6.45, 7) is 10.3. The van der Waals surface area contributed by atoms with Crippen LogP contribution in [-0.2, 0) is 11.8 Å². The molecule has 26 heavy (non-hydrogen) atoms. The topological polar surface area (TPSA) is 66.5 Å². The fourth-order valence-electron chi connectivity index (χ4n) is 4.91. The maximum Gasteiger partial charge on any atom is 0.158 e. The third kappa shape index (κ3) is 2.04. The van der Waals surface area contributed by atoms with Gasteiger partial charge in [0.15, 0.2) is 5.82 Å². The van der Waals surface area contributed by atoms with Gasteiger partial charge in [-0.1, -0.05) is 20.8 Å². The van der Waals surface area contributed by atoms with E-state index in [-0.39, 0.29) is 10.8 Å². The second-order valence-corrected chi connectivity index (χ2v) is 8.67. The number of aromatic nitrogens is 4. The first-order valence-electron chi connectivity index (χ1n) is 9.44. The summed E-state index contributed by atoms with van der Waals surface area (Å²) in [4.78, 5) is 17.1. The minimum atomic E-state index is 0.174. The van der Waals surface area contributed by atoms with E-state index in [1.54, 1.807) is 12.4 Å². The molecule has 2 atom stereocenters. The first kappa shape index (κ1) is 15.9. The van der Waals surface area contributed by atoms with E-state index < -0.39 is 0 Å². The summed E-state index contributed by atoms with van der Waals surface area (Å²) in [6.07, 6.45) is 5.81. The lowest BCUT2D eigenvalue weighted by Gasteiger charge is -2.57. The first-order chi connectivity index (χ1) is 12.4. The number of aryl methyl sites for hydroxylation is 1. The van der Waals surface area contributed by atoms with E-state index in [1.807, 2.05) is 6.92 Å². The molecule has 2 aromatic heterocycles. The van der Waals surface area contributed by atoms with Crippen LogP contribution in [0.2, 0.25) is 0 Å². The Bertz CT molecular complexity index is 1000. The van der Waals surface area contributed by atoms with Crippen LogP contribution >= 0.6 is 0 Å². The Hall–Kier alpha value is -2.27. The molecule has 1 aromatic carbocycles. The van der Waals surface area contributed by atoms with Crippen molar-refractivity contribution in [2.24, 2.45) is 5.41 Å². The molecule has 5 nitrogen and oxygen atoms in total. The predicted octanol–water partition coefficient (Wildman–Crippen LogP) is 3.53. The number of fused-ring (bicyclic) bond motifs is 5. The van der Waals surface area contributed by atoms with Crippen molar-refractivity contribution in [3.05, 3.63) is 41.3 Å². The number of nitrogens with zero attached hydrogens (tertiary/aromatic N) is 3. The van der Waals surface area contributed by atoms with Crippen LogP contribution in [0.3, 0.4) is 0 Å². The van der Waals surface area contributed by atoms with Gasteiger partial charge in [0.25, 0.3) is 0 Å². The van der Waals surface area contributed by atoms with E-state index in [2.05, 4.69) is 53.2 Å². The Labute approximate surface area is 153 Å². The number of hydrogen-bond donors (Lipinski definition) is 2. The molecular weight excluding hydrogens is 322 g/mol. The number of imidazole rings is 1. The van der Waals surface area contributed by atoms with Gasteiger partial charge < -0.3 is 10.3 Å². The summed E-state index contributed by atoms with van der Waals surface area (Å²) in [6, 6.07) is 5.14. The lowest BCUT2D eigenvalue weighted by atomic mass is 9.51. The van der Waals surface area contributed by atoms with E-state index in [4.69, 9.17) is 4.98 Å². The van der Waals surface area contributed by atoms with Crippen LogP contribution in [0, 0.1) is 12.3 Å². The summed E-state index contributed by atoms with van der Waals surface area (Å²) in [5.74, 6) is 0.792. The number of rotatable bonds is 1. The molecule has 2 N–H and O–H groups in total. The van der Waals surface area contributed by atoms with Crippen LogP contribution < -0.4 is 5.32 Å². The molecule has 1 unspecified atom stereocenters. The maximum atomic E-state index is 4.83. The Morgan fingerprint density at radius 1 is 1.12 bits per heavy atom. The summed E-state index contributed by atoms with van der Waals surface area (Å²) in [5, 5.41) is 3.75. The van der Waals surface area contributed by atoms with Crippen molar-refractivity contribution in [3.63, 3.8) is 0 Å². The average Bonchev–Trinajstić information content (AvgIpc) is 3.00. The van der Waals surface area contributed by atoms with Crippen LogP contribution in [0.15, 0.2) is 24.5 Å². The van der Waals surface area contributed by atoms with Crippen LogP contribution in [0.5, 0.6) is 0 Å². The average molecular weight is 347 g/mol. The summed E-state index contributed by atoms with van der Waals surface area (Å²) >= 11 is 0. The zero-order valence-corrected chi connectivity index (χ0v) is 15.8. The summed E-state index contributed by atoms with van der Waals surface area (Å²) in [5.41, 5.74) is 7.13. The summed E-state index contributed by atoms with van der Waals surface area (Å²) < 4.78 is 0. The number of H-pyrrole nitrogens is 1. The second-order valence-electron chi connectivity index (χ2n) is 8.67. The van der Waals surface area contributed by atoms with Crippen molar-refractivity contribution >= 4 is 11.0 Å². The Kier molecular flexibility index (Phi) is 3.15. The first-order valence-corrected chi connectivity index (χ1v) is 9.44. The minimum absolute atomic E-state index is 0.174. The van der Waals surface area contributed by atoms with Crippen LogP contribution in [-0.4, -0.2) is 32.5 Å². The Morgan fingerprint density at radius 3 is 2.73 bits per heavy atom. The zero-order valence-electron chi connectivity index (χ0n) is 15.8. The molecule has 1 aliphatic carbocycles. The summed E-state index contributed by atoms with van der Waals surface area (Å²) in [7, 11) is 0. The quantitative estimate of drug-likeness (QED) is 0.707. The Morgan fingerprint density at radius 2 is 1.96 bits per heavy atom. The highest BCUT2D eigenvalue weighted by Gasteiger charge is 2.53. The number of hydrogen-bond acceptors (Lipinski definition) is 4. The molecule has 3 aromatic rings. The van der Waals surface area contributed by atoms with Crippen molar-refractivity contribution < 1.29 is 0 Å². The lowest BCUT2D eigenvalue weighted by molar-refractivity contribution is 0.0561. The minimum Gasteiger partial charge on any atom is -0.337 e. The van der Waals surface area contributed by atoms with Crippen molar-refractivity contribution in [3.8, 4) is 11.5 Å². The molecule has 0 spiro atoms. The SMILES string of the molecule is Cc1cnc(-c2nc3cc4c(cc3[nH]2)C[C@H]2NCCC4(C)C2(C)C)cn1. The smallest absolute Gasteiger partial charge is 0.158 e. The van der Waals surface area contributed by atoms with Gasteiger partial charge in [-0.2, -0.15) is 0 Å². The standard InChI is InChI=1S/C21H25N5/c1-12-10-24-17(11-23-12)19-25-15-7-13-8-18-20(2,3)21(4,5-6-22-18)14(13)9-16(15)26-19/h7,9-11,18,22H,5-6,8H2,1-4H3,(H,25,26)/t18-,21?/m1/s1. The number of nitrogens with one attached hydrogen (secondary N) is 2. The van der Waals surface area contributed by atoms with E-state index in [9.17, 15) is 0 Å². The maximum absolute atomic E-state index is 4.83. The highest BCUT2D eigenvalue weighted by Crippen LogP contribution is 2.54. The molecule has 0 amide bonds. The lowest BCUT2D eigenvalue weighted by Crippen LogP contribution is -2.62. The number of aromatic amines is 1. The van der Waals surface area contributed by atoms with Gasteiger partial charge in [0.05, 0.1) is 22.9 Å². The third-order valence-electron chi connectivity index (χ3n) is 7.06. The molecular formula is C21H25N5. The second kappa shape index (κ2) is 5.13. The molecule has 2 bridgehead atoms. The largest absolute Gasteiger partial charge is 0.337 e. The van der Waals surface area contributed by atoms with Gasteiger partial charge in [-0.3, -0.25) is 4.98 Å². The fraction of sp³-hybridized carbons (Fsp3) is 0.476. The van der Waals surface area contributed by atoms with Crippen LogP contribution in [0.4, 0.5) is 0 Å². The van der Waals surface area contributed by atoms with E-state index in [1.165, 1.54) is 11.1 Å². The van der Waals surface area contributed by atoms with E-state index in [0.29, 0.717) is 6.04 Å². The van der Waals surface area contributed by atoms with Gasteiger partial charge >= 0.3 is 0 Å². The molecule has 0 saturated carbocycles. The number of piperidine rings is 1. The molecule has 3 heterocycles. The predicted molar refractivity (Wildman–Crippen MR) is 103 cm³/mol. The zero-order chi connectivity index (χ0) is 18.1. The van der Waals surface area contributed by atoms with Gasteiger partial charge in [-0.15, -0.1) is 0 Å². The Balaban J connectivity index is 1.68. The van der Waals surface area contributed by atoms with Crippen molar-refractivity contribution in [1.82, 2.24) is 25.3 Å². The van der Waals surface area contributed by atoms with Gasteiger partial charge in [0.1, 0.15) is 5.69 Å². The third-order valence-corrected chi connectivity index (χ3v) is 7.06. The molecule has 5 rings (SSSR count). The van der Waals surface area contributed by atoms with Gasteiger partial charge in [-0.05, 0) is 55.0 Å². The number of benzene rings is 1. The van der Waals surface area contributed by atoms with E-state index in [0.717, 1.165) is 47.6 Å².